The number of para-hydroxylation sites is 1. The van der Waals surface area contributed by atoms with Crippen LogP contribution in [0.25, 0.3) is 10.9 Å². The van der Waals surface area contributed by atoms with Crippen molar-refractivity contribution < 1.29 is 19.4 Å². The fourth-order valence-electron chi connectivity index (χ4n) is 4.07. The molecule has 0 saturated heterocycles. The molecule has 0 aliphatic carbocycles. The first-order chi connectivity index (χ1) is 15.0. The van der Waals surface area contributed by atoms with E-state index in [1.807, 2.05) is 25.1 Å². The second-order valence-corrected chi connectivity index (χ2v) is 8.42. The zero-order chi connectivity index (χ0) is 22.5. The van der Waals surface area contributed by atoms with Gasteiger partial charge in [0.25, 0.3) is 0 Å². The Morgan fingerprint density at radius 3 is 2.26 bits per heavy atom. The van der Waals surface area contributed by atoms with Gasteiger partial charge in [0.15, 0.2) is 0 Å². The number of rotatable bonds is 15. The van der Waals surface area contributed by atoms with E-state index in [1.165, 1.54) is 43.1 Å². The molecule has 2 aromatic rings. The third-order valence-corrected chi connectivity index (χ3v) is 5.69. The monoisotopic (exact) mass is 430 g/mol. The highest BCUT2D eigenvalue weighted by atomic mass is 16.5. The highest BCUT2D eigenvalue weighted by molar-refractivity contribution is 5.91. The van der Waals surface area contributed by atoms with E-state index in [0.29, 0.717) is 18.4 Å². The summed E-state index contributed by atoms with van der Waals surface area (Å²) in [4.78, 5) is 23.7. The first-order valence-electron chi connectivity index (χ1n) is 11.6. The Hall–Kier alpha value is -2.34. The van der Waals surface area contributed by atoms with Crippen LogP contribution in [-0.2, 0) is 16.0 Å². The van der Waals surface area contributed by atoms with Gasteiger partial charge in [-0.2, -0.15) is 0 Å². The summed E-state index contributed by atoms with van der Waals surface area (Å²) in [5.41, 5.74) is 1.62. The highest BCUT2D eigenvalue weighted by Gasteiger charge is 2.15. The van der Waals surface area contributed by atoms with E-state index in [9.17, 15) is 14.7 Å². The molecule has 0 bridgehead atoms. The standard InChI is InChI=1S/C25H38N2O4/c1-20(18-21-19-27(25(29)30)23-15-12-11-14-22(21)23)26-24(28)16-10-8-6-4-3-5-7-9-13-17-31-2/h11-12,14-15,19-20H,3-10,13,16-18H2,1-2H3,(H,26,28)(H,29,30)/t20-/m1/s1. The van der Waals surface area contributed by atoms with Gasteiger partial charge in [0.05, 0.1) is 5.52 Å². The zero-order valence-electron chi connectivity index (χ0n) is 19.1. The molecule has 0 spiro atoms. The molecule has 172 valence electrons. The van der Waals surface area contributed by atoms with Crippen LogP contribution in [0.2, 0.25) is 0 Å². The lowest BCUT2D eigenvalue weighted by Gasteiger charge is -2.13. The van der Waals surface area contributed by atoms with Crippen molar-refractivity contribution in [1.29, 1.82) is 0 Å². The molecule has 2 rings (SSSR count). The number of aromatic nitrogens is 1. The summed E-state index contributed by atoms with van der Waals surface area (Å²) in [6, 6.07) is 7.43. The molecule has 1 aromatic heterocycles. The molecule has 0 aliphatic heterocycles. The Morgan fingerprint density at radius 1 is 1.00 bits per heavy atom. The van der Waals surface area contributed by atoms with E-state index >= 15 is 0 Å². The highest BCUT2D eigenvalue weighted by Crippen LogP contribution is 2.22. The summed E-state index contributed by atoms with van der Waals surface area (Å²) in [5.74, 6) is 0.0765. The first-order valence-corrected chi connectivity index (χ1v) is 11.6. The molecule has 1 amide bonds. The number of carboxylic acid groups (broad SMARTS) is 1. The molecular formula is C25H38N2O4. The van der Waals surface area contributed by atoms with Crippen LogP contribution in [0.15, 0.2) is 30.5 Å². The summed E-state index contributed by atoms with van der Waals surface area (Å²) < 4.78 is 6.31. The number of unbranched alkanes of at least 4 members (excludes halogenated alkanes) is 8. The lowest BCUT2D eigenvalue weighted by atomic mass is 10.0. The number of benzene rings is 1. The number of nitrogens with zero attached hydrogens (tertiary/aromatic N) is 1. The van der Waals surface area contributed by atoms with Gasteiger partial charge in [0.2, 0.25) is 5.91 Å². The van der Waals surface area contributed by atoms with Crippen molar-refractivity contribution in [1.82, 2.24) is 9.88 Å². The van der Waals surface area contributed by atoms with Gasteiger partial charge < -0.3 is 15.2 Å². The summed E-state index contributed by atoms with van der Waals surface area (Å²) >= 11 is 0. The van der Waals surface area contributed by atoms with E-state index in [-0.39, 0.29) is 11.9 Å². The normalized spacial score (nSPS) is 12.2. The largest absolute Gasteiger partial charge is 0.464 e. The van der Waals surface area contributed by atoms with E-state index in [1.54, 1.807) is 19.4 Å². The SMILES string of the molecule is COCCCCCCCCCCCC(=O)N[C@H](C)Cc1cn(C(=O)O)c2ccccc12. The molecule has 0 aliphatic rings. The third-order valence-electron chi connectivity index (χ3n) is 5.69. The molecule has 2 N–H and O–H groups in total. The van der Waals surface area contributed by atoms with Crippen LogP contribution in [0.5, 0.6) is 0 Å². The van der Waals surface area contributed by atoms with Crippen LogP contribution in [0.3, 0.4) is 0 Å². The maximum absolute atomic E-state index is 12.3. The molecule has 0 radical (unpaired) electrons. The number of methoxy groups -OCH3 is 1. The average molecular weight is 431 g/mol. The van der Waals surface area contributed by atoms with Gasteiger partial charge in [-0.05, 0) is 37.8 Å². The predicted octanol–water partition coefficient (Wildman–Crippen LogP) is 5.76. The Kier molecular flexibility index (Phi) is 11.1. The van der Waals surface area contributed by atoms with Crippen molar-refractivity contribution in [2.24, 2.45) is 0 Å². The molecule has 0 unspecified atom stereocenters. The van der Waals surface area contributed by atoms with Crippen molar-refractivity contribution in [3.8, 4) is 0 Å². The van der Waals surface area contributed by atoms with Crippen molar-refractivity contribution in [3.63, 3.8) is 0 Å². The minimum absolute atomic E-state index is 0.0429. The number of nitrogens with one attached hydrogen (secondary N) is 1. The molecule has 6 nitrogen and oxygen atoms in total. The Labute approximate surface area is 186 Å². The number of carbonyl (C=O) groups is 2. The van der Waals surface area contributed by atoms with E-state index in [2.05, 4.69) is 5.32 Å². The number of hydrogen-bond acceptors (Lipinski definition) is 3. The third kappa shape index (κ3) is 8.74. The molecule has 6 heteroatoms. The molecule has 1 aromatic carbocycles. The number of carbonyl (C=O) groups excluding carboxylic acids is 1. The van der Waals surface area contributed by atoms with Crippen molar-refractivity contribution in [2.75, 3.05) is 13.7 Å². The maximum Gasteiger partial charge on any atom is 0.416 e. The van der Waals surface area contributed by atoms with Gasteiger partial charge in [-0.25, -0.2) is 4.79 Å². The lowest BCUT2D eigenvalue weighted by Crippen LogP contribution is -2.33. The summed E-state index contributed by atoms with van der Waals surface area (Å²) in [5, 5.41) is 13.4. The van der Waals surface area contributed by atoms with Gasteiger partial charge in [-0.15, -0.1) is 0 Å². The molecule has 0 fully saturated rings. The van der Waals surface area contributed by atoms with Crippen LogP contribution < -0.4 is 5.32 Å². The molecule has 31 heavy (non-hydrogen) atoms. The number of ether oxygens (including phenoxy) is 1. The Balaban J connectivity index is 1.62. The minimum Gasteiger partial charge on any atom is -0.464 e. The summed E-state index contributed by atoms with van der Waals surface area (Å²) in [7, 11) is 1.75. The van der Waals surface area contributed by atoms with Crippen LogP contribution in [0, 0.1) is 0 Å². The van der Waals surface area contributed by atoms with E-state index in [4.69, 9.17) is 4.74 Å². The van der Waals surface area contributed by atoms with Gasteiger partial charge >= 0.3 is 6.09 Å². The molecule has 1 atom stereocenters. The molecule has 0 saturated carbocycles. The topological polar surface area (TPSA) is 80.6 Å². The van der Waals surface area contributed by atoms with Crippen molar-refractivity contribution in [2.45, 2.75) is 83.6 Å². The van der Waals surface area contributed by atoms with Crippen molar-refractivity contribution >= 4 is 22.9 Å². The van der Waals surface area contributed by atoms with Crippen LogP contribution >= 0.6 is 0 Å². The fraction of sp³-hybridized carbons (Fsp3) is 0.600. The maximum atomic E-state index is 12.3. The first kappa shape index (κ1) is 24.9. The Morgan fingerprint density at radius 2 is 1.61 bits per heavy atom. The van der Waals surface area contributed by atoms with Gasteiger partial charge in [-0.3, -0.25) is 9.36 Å². The van der Waals surface area contributed by atoms with E-state index in [0.717, 1.165) is 36.8 Å². The molecule has 1 heterocycles. The second-order valence-electron chi connectivity index (χ2n) is 8.42. The quantitative estimate of drug-likeness (QED) is 0.352. The number of hydrogen-bond donors (Lipinski definition) is 2. The number of fused-ring (bicyclic) bond motifs is 1. The van der Waals surface area contributed by atoms with Gasteiger partial charge in [-0.1, -0.05) is 63.1 Å². The average Bonchev–Trinajstić information content (AvgIpc) is 3.10. The van der Waals surface area contributed by atoms with Crippen LogP contribution in [-0.4, -0.2) is 41.4 Å². The van der Waals surface area contributed by atoms with Crippen molar-refractivity contribution in [3.05, 3.63) is 36.0 Å². The van der Waals surface area contributed by atoms with E-state index < -0.39 is 6.09 Å². The second kappa shape index (κ2) is 13.9. The fourth-order valence-corrected chi connectivity index (χ4v) is 4.07. The van der Waals surface area contributed by atoms with Crippen LogP contribution in [0.4, 0.5) is 4.79 Å². The Bertz CT molecular complexity index is 815. The smallest absolute Gasteiger partial charge is 0.416 e. The minimum atomic E-state index is -0.995. The summed E-state index contributed by atoms with van der Waals surface area (Å²) in [6.45, 7) is 2.84. The van der Waals surface area contributed by atoms with Gasteiger partial charge in [0, 0.05) is 37.8 Å². The molecular weight excluding hydrogens is 392 g/mol. The zero-order valence-corrected chi connectivity index (χ0v) is 19.1. The van der Waals surface area contributed by atoms with Crippen LogP contribution in [0.1, 0.15) is 76.7 Å². The van der Waals surface area contributed by atoms with Gasteiger partial charge in [0.1, 0.15) is 0 Å². The number of amides is 1. The lowest BCUT2D eigenvalue weighted by molar-refractivity contribution is -0.121. The summed E-state index contributed by atoms with van der Waals surface area (Å²) in [6.07, 6.45) is 12.5. The predicted molar refractivity (Wildman–Crippen MR) is 125 cm³/mol.